The maximum absolute atomic E-state index is 12.8. The van der Waals surface area contributed by atoms with Gasteiger partial charge in [-0.15, -0.1) is 0 Å². The lowest BCUT2D eigenvalue weighted by Crippen LogP contribution is -2.49. The van der Waals surface area contributed by atoms with Gasteiger partial charge in [-0.25, -0.2) is 0 Å². The zero-order valence-corrected chi connectivity index (χ0v) is 13.2. The molecule has 5 heteroatoms. The van der Waals surface area contributed by atoms with Crippen LogP contribution in [0.4, 0.5) is 0 Å². The molecule has 0 aromatic carbocycles. The Balaban J connectivity index is 1.56. The number of morpholine rings is 1. The minimum atomic E-state index is 0.0497. The number of rotatable bonds is 2. The Labute approximate surface area is 127 Å². The molecular weight excluding hydrogens is 266 g/mol. The van der Waals surface area contributed by atoms with Crippen molar-refractivity contribution in [2.45, 2.75) is 44.7 Å². The quantitative estimate of drug-likeness (QED) is 0.814. The summed E-state index contributed by atoms with van der Waals surface area (Å²) in [4.78, 5) is 17.3. The molecule has 0 aromatic rings. The van der Waals surface area contributed by atoms with E-state index in [2.05, 4.69) is 16.7 Å². The predicted octanol–water partition coefficient (Wildman–Crippen LogP) is 0.683. The molecule has 0 aromatic heterocycles. The van der Waals surface area contributed by atoms with Gasteiger partial charge in [-0.3, -0.25) is 9.69 Å². The van der Waals surface area contributed by atoms with Gasteiger partial charge in [0.05, 0.1) is 19.1 Å². The molecule has 4 atom stereocenters. The van der Waals surface area contributed by atoms with E-state index < -0.39 is 0 Å². The van der Waals surface area contributed by atoms with Crippen LogP contribution in [0.25, 0.3) is 0 Å². The molecule has 1 saturated carbocycles. The Morgan fingerprint density at radius 2 is 1.90 bits per heavy atom. The summed E-state index contributed by atoms with van der Waals surface area (Å²) in [6, 6.07) is 0.573. The molecule has 3 rings (SSSR count). The number of hydrogen-bond acceptors (Lipinski definition) is 4. The van der Waals surface area contributed by atoms with Gasteiger partial charge in [-0.2, -0.15) is 0 Å². The SMILES string of the molecule is CC1CCCC(C(=O)N2CCC(N3CCOCC3)C2)C1N. The largest absolute Gasteiger partial charge is 0.379 e. The van der Waals surface area contributed by atoms with E-state index in [1.165, 1.54) is 6.42 Å². The molecule has 3 aliphatic rings. The molecule has 2 N–H and O–H groups in total. The van der Waals surface area contributed by atoms with E-state index in [9.17, 15) is 4.79 Å². The average molecular weight is 295 g/mol. The number of hydrogen-bond donors (Lipinski definition) is 1. The number of nitrogens with two attached hydrogens (primary N) is 1. The topological polar surface area (TPSA) is 58.8 Å². The Morgan fingerprint density at radius 3 is 2.67 bits per heavy atom. The van der Waals surface area contributed by atoms with Gasteiger partial charge in [0.25, 0.3) is 0 Å². The number of carbonyl (C=O) groups excluding carboxylic acids is 1. The van der Waals surface area contributed by atoms with Crippen LogP contribution >= 0.6 is 0 Å². The molecule has 2 heterocycles. The molecule has 1 amide bonds. The fraction of sp³-hybridized carbons (Fsp3) is 0.938. The van der Waals surface area contributed by atoms with Crippen molar-refractivity contribution in [1.82, 2.24) is 9.80 Å². The standard InChI is InChI=1S/C16H29N3O2/c1-12-3-2-4-14(15(12)17)16(20)19-6-5-13(11-19)18-7-9-21-10-8-18/h12-15H,2-11,17H2,1H3. The van der Waals surface area contributed by atoms with E-state index in [0.29, 0.717) is 17.9 Å². The fourth-order valence-electron chi connectivity index (χ4n) is 4.15. The minimum absolute atomic E-state index is 0.0497. The molecule has 0 bridgehead atoms. The van der Waals surface area contributed by atoms with Crippen LogP contribution in [0.5, 0.6) is 0 Å². The van der Waals surface area contributed by atoms with Gasteiger partial charge in [0.2, 0.25) is 5.91 Å². The molecule has 4 unspecified atom stereocenters. The van der Waals surface area contributed by atoms with Crippen molar-refractivity contribution >= 4 is 5.91 Å². The van der Waals surface area contributed by atoms with E-state index >= 15 is 0 Å². The van der Waals surface area contributed by atoms with Crippen LogP contribution in [0.15, 0.2) is 0 Å². The lowest BCUT2D eigenvalue weighted by atomic mass is 9.77. The second-order valence-electron chi connectivity index (χ2n) is 6.97. The second kappa shape index (κ2) is 6.63. The smallest absolute Gasteiger partial charge is 0.227 e. The van der Waals surface area contributed by atoms with Crippen LogP contribution in [0, 0.1) is 11.8 Å². The highest BCUT2D eigenvalue weighted by Crippen LogP contribution is 2.30. The van der Waals surface area contributed by atoms with E-state index in [-0.39, 0.29) is 12.0 Å². The average Bonchev–Trinajstić information content (AvgIpc) is 3.00. The molecule has 5 nitrogen and oxygen atoms in total. The van der Waals surface area contributed by atoms with Crippen LogP contribution in [0.1, 0.15) is 32.6 Å². The third-order valence-corrected chi connectivity index (χ3v) is 5.65. The highest BCUT2D eigenvalue weighted by atomic mass is 16.5. The summed E-state index contributed by atoms with van der Waals surface area (Å²) in [6.45, 7) is 7.64. The van der Waals surface area contributed by atoms with Gasteiger partial charge < -0.3 is 15.4 Å². The summed E-state index contributed by atoms with van der Waals surface area (Å²) in [5, 5.41) is 0. The molecule has 2 saturated heterocycles. The number of carbonyl (C=O) groups is 1. The monoisotopic (exact) mass is 295 g/mol. The van der Waals surface area contributed by atoms with Gasteiger partial charge in [-0.1, -0.05) is 13.3 Å². The highest BCUT2D eigenvalue weighted by molar-refractivity contribution is 5.80. The Hall–Kier alpha value is -0.650. The maximum Gasteiger partial charge on any atom is 0.227 e. The third kappa shape index (κ3) is 3.25. The van der Waals surface area contributed by atoms with Crippen molar-refractivity contribution in [2.75, 3.05) is 39.4 Å². The van der Waals surface area contributed by atoms with Gasteiger partial charge in [0.1, 0.15) is 0 Å². The Kier molecular flexibility index (Phi) is 4.82. The van der Waals surface area contributed by atoms with Crippen molar-refractivity contribution in [3.8, 4) is 0 Å². The van der Waals surface area contributed by atoms with Crippen LogP contribution in [-0.2, 0) is 9.53 Å². The van der Waals surface area contributed by atoms with Gasteiger partial charge in [0.15, 0.2) is 0 Å². The van der Waals surface area contributed by atoms with Crippen LogP contribution in [0.3, 0.4) is 0 Å². The second-order valence-corrected chi connectivity index (χ2v) is 6.97. The third-order valence-electron chi connectivity index (χ3n) is 5.65. The number of amides is 1. The summed E-state index contributed by atoms with van der Waals surface area (Å²) in [6.07, 6.45) is 4.39. The van der Waals surface area contributed by atoms with Crippen molar-refractivity contribution in [1.29, 1.82) is 0 Å². The van der Waals surface area contributed by atoms with Crippen LogP contribution in [-0.4, -0.2) is 67.2 Å². The van der Waals surface area contributed by atoms with E-state index in [4.69, 9.17) is 10.5 Å². The van der Waals surface area contributed by atoms with Crippen LogP contribution in [0.2, 0.25) is 0 Å². The molecule has 0 radical (unpaired) electrons. The molecule has 3 fully saturated rings. The Bertz CT molecular complexity index is 371. The lowest BCUT2D eigenvalue weighted by Gasteiger charge is -2.36. The van der Waals surface area contributed by atoms with E-state index in [1.54, 1.807) is 0 Å². The molecule has 0 spiro atoms. The van der Waals surface area contributed by atoms with Gasteiger partial charge in [-0.05, 0) is 25.2 Å². The summed E-state index contributed by atoms with van der Waals surface area (Å²) in [5.74, 6) is 0.840. The molecule has 21 heavy (non-hydrogen) atoms. The predicted molar refractivity (Wildman–Crippen MR) is 81.9 cm³/mol. The fourth-order valence-corrected chi connectivity index (χ4v) is 4.15. The number of ether oxygens (including phenoxy) is 1. The highest BCUT2D eigenvalue weighted by Gasteiger charge is 2.38. The summed E-state index contributed by atoms with van der Waals surface area (Å²) >= 11 is 0. The number of nitrogens with zero attached hydrogens (tertiary/aromatic N) is 2. The normalized spacial score (nSPS) is 38.7. The first-order valence-electron chi connectivity index (χ1n) is 8.53. The van der Waals surface area contributed by atoms with Gasteiger partial charge >= 0.3 is 0 Å². The zero-order chi connectivity index (χ0) is 14.8. The first-order valence-corrected chi connectivity index (χ1v) is 8.53. The minimum Gasteiger partial charge on any atom is -0.379 e. The summed E-state index contributed by atoms with van der Waals surface area (Å²) < 4.78 is 5.42. The van der Waals surface area contributed by atoms with Crippen molar-refractivity contribution in [3.63, 3.8) is 0 Å². The van der Waals surface area contributed by atoms with Crippen molar-refractivity contribution < 1.29 is 9.53 Å². The molecule has 1 aliphatic carbocycles. The maximum atomic E-state index is 12.8. The van der Waals surface area contributed by atoms with Crippen LogP contribution < -0.4 is 5.73 Å². The van der Waals surface area contributed by atoms with E-state index in [0.717, 1.165) is 58.7 Å². The number of likely N-dealkylation sites (tertiary alicyclic amines) is 1. The molecule has 2 aliphatic heterocycles. The first kappa shape index (κ1) is 15.3. The molecule has 120 valence electrons. The first-order chi connectivity index (χ1) is 10.2. The van der Waals surface area contributed by atoms with Crippen molar-refractivity contribution in [2.24, 2.45) is 17.6 Å². The molecular formula is C16H29N3O2. The zero-order valence-electron chi connectivity index (χ0n) is 13.2. The summed E-state index contributed by atoms with van der Waals surface area (Å²) in [5.41, 5.74) is 6.29. The van der Waals surface area contributed by atoms with E-state index in [1.807, 2.05) is 0 Å². The van der Waals surface area contributed by atoms with Gasteiger partial charge in [0, 0.05) is 38.3 Å². The Morgan fingerprint density at radius 1 is 1.14 bits per heavy atom. The summed E-state index contributed by atoms with van der Waals surface area (Å²) in [7, 11) is 0. The van der Waals surface area contributed by atoms with Crippen molar-refractivity contribution in [3.05, 3.63) is 0 Å². The lowest BCUT2D eigenvalue weighted by molar-refractivity contribution is -0.136.